The van der Waals surface area contributed by atoms with Crippen LogP contribution in [0, 0.1) is 11.8 Å². The van der Waals surface area contributed by atoms with Crippen LogP contribution in [-0.4, -0.2) is 22.0 Å². The first kappa shape index (κ1) is 21.2. The van der Waals surface area contributed by atoms with Gasteiger partial charge in [0.2, 0.25) is 0 Å². The molecule has 2 N–H and O–H groups in total. The van der Waals surface area contributed by atoms with Crippen LogP contribution in [0.2, 0.25) is 0 Å². The van der Waals surface area contributed by atoms with Gasteiger partial charge in [-0.1, -0.05) is 48.1 Å². The predicted molar refractivity (Wildman–Crippen MR) is 117 cm³/mol. The Morgan fingerprint density at radius 2 is 2.07 bits per heavy atom. The quantitative estimate of drug-likeness (QED) is 0.426. The van der Waals surface area contributed by atoms with E-state index in [1.807, 2.05) is 55.5 Å². The van der Waals surface area contributed by atoms with Crippen molar-refractivity contribution in [1.29, 1.82) is 0 Å². The van der Waals surface area contributed by atoms with Crippen molar-refractivity contribution in [3.05, 3.63) is 71.2 Å². The number of ketones is 1. The Hall–Kier alpha value is -2.50. The van der Waals surface area contributed by atoms with Crippen LogP contribution in [0.15, 0.2) is 66.3 Å². The van der Waals surface area contributed by atoms with Crippen LogP contribution in [-0.2, 0) is 9.59 Å². The number of hydrogen-bond acceptors (Lipinski definition) is 4. The van der Waals surface area contributed by atoms with Crippen molar-refractivity contribution in [1.82, 2.24) is 0 Å². The monoisotopic (exact) mass is 410 g/mol. The summed E-state index contributed by atoms with van der Waals surface area (Å²) in [6.45, 7) is 1.97. The van der Waals surface area contributed by atoms with E-state index in [1.54, 1.807) is 23.5 Å². The van der Waals surface area contributed by atoms with Crippen LogP contribution in [0.5, 0.6) is 0 Å². The van der Waals surface area contributed by atoms with Crippen molar-refractivity contribution in [2.75, 3.05) is 0 Å². The molecular weight excluding hydrogens is 384 g/mol. The molecule has 0 bridgehead atoms. The molecule has 4 nitrogen and oxygen atoms in total. The maximum Gasteiger partial charge on any atom is 0.303 e. The SMILES string of the molecule is CC1=CC(=O)[C@H](/C=C/[C@@H](O)c2cc3ccccc3s2)[C@H]1C/C=C\CCCC(=O)O. The number of carbonyl (C=O) groups excluding carboxylic acids is 1. The molecule has 1 aliphatic carbocycles. The second-order valence-corrected chi connectivity index (χ2v) is 8.55. The lowest BCUT2D eigenvalue weighted by Gasteiger charge is -2.16. The number of allylic oxidation sites excluding steroid dienone is 5. The summed E-state index contributed by atoms with van der Waals surface area (Å²) in [7, 11) is 0. The summed E-state index contributed by atoms with van der Waals surface area (Å²) >= 11 is 1.56. The van der Waals surface area contributed by atoms with Gasteiger partial charge in [-0.15, -0.1) is 11.3 Å². The number of hydrogen-bond donors (Lipinski definition) is 2. The van der Waals surface area contributed by atoms with Gasteiger partial charge in [0, 0.05) is 21.9 Å². The second kappa shape index (κ2) is 9.81. The number of carboxylic acid groups (broad SMARTS) is 1. The molecule has 0 unspecified atom stereocenters. The van der Waals surface area contributed by atoms with Gasteiger partial charge >= 0.3 is 5.97 Å². The third-order valence-electron chi connectivity index (χ3n) is 5.27. The maximum atomic E-state index is 12.4. The number of unbranched alkanes of at least 4 members (excludes halogenated alkanes) is 1. The summed E-state index contributed by atoms with van der Waals surface area (Å²) in [6.07, 6.45) is 10.8. The number of rotatable bonds is 9. The van der Waals surface area contributed by atoms with Gasteiger partial charge in [-0.05, 0) is 55.7 Å². The molecule has 0 radical (unpaired) electrons. The highest BCUT2D eigenvalue weighted by Gasteiger charge is 2.31. The first-order valence-corrected chi connectivity index (χ1v) is 10.7. The van der Waals surface area contributed by atoms with E-state index in [4.69, 9.17) is 5.11 Å². The molecule has 0 amide bonds. The molecule has 0 fully saturated rings. The Balaban J connectivity index is 1.61. The van der Waals surface area contributed by atoms with Crippen LogP contribution in [0.1, 0.15) is 43.6 Å². The first-order valence-electron chi connectivity index (χ1n) is 9.89. The third-order valence-corrected chi connectivity index (χ3v) is 6.46. The summed E-state index contributed by atoms with van der Waals surface area (Å²) in [4.78, 5) is 23.8. The van der Waals surface area contributed by atoms with Crippen molar-refractivity contribution in [3.63, 3.8) is 0 Å². The highest BCUT2D eigenvalue weighted by Crippen LogP contribution is 2.35. The lowest BCUT2D eigenvalue weighted by Crippen LogP contribution is -2.14. The minimum absolute atomic E-state index is 0.0755. The molecule has 0 spiro atoms. The summed E-state index contributed by atoms with van der Waals surface area (Å²) in [5.41, 5.74) is 1.05. The van der Waals surface area contributed by atoms with Gasteiger partial charge in [-0.3, -0.25) is 9.59 Å². The Labute approximate surface area is 174 Å². The number of benzene rings is 1. The summed E-state index contributed by atoms with van der Waals surface area (Å²) < 4.78 is 1.13. The van der Waals surface area contributed by atoms with Crippen molar-refractivity contribution in [2.24, 2.45) is 11.8 Å². The van der Waals surface area contributed by atoms with Crippen molar-refractivity contribution in [2.45, 2.75) is 38.7 Å². The summed E-state index contributed by atoms with van der Waals surface area (Å²) in [6, 6.07) is 10.0. The summed E-state index contributed by atoms with van der Waals surface area (Å²) in [5, 5.41) is 20.4. The largest absolute Gasteiger partial charge is 0.481 e. The molecule has 5 heteroatoms. The molecular formula is C24H26O4S. The zero-order valence-electron chi connectivity index (χ0n) is 16.5. The fraction of sp³-hybridized carbons (Fsp3) is 0.333. The molecule has 0 aliphatic heterocycles. The van der Waals surface area contributed by atoms with E-state index in [9.17, 15) is 14.7 Å². The molecule has 3 atom stereocenters. The van der Waals surface area contributed by atoms with Crippen molar-refractivity contribution < 1.29 is 19.8 Å². The molecule has 1 aromatic heterocycles. The Morgan fingerprint density at radius 3 is 2.83 bits per heavy atom. The van der Waals surface area contributed by atoms with Crippen LogP contribution in [0.25, 0.3) is 10.1 Å². The Kier molecular flexibility index (Phi) is 7.18. The van der Waals surface area contributed by atoms with E-state index in [-0.39, 0.29) is 24.0 Å². The predicted octanol–water partition coefficient (Wildman–Crippen LogP) is 5.45. The summed E-state index contributed by atoms with van der Waals surface area (Å²) in [5.74, 6) is -0.876. The Morgan fingerprint density at radius 1 is 1.28 bits per heavy atom. The molecule has 0 saturated carbocycles. The minimum Gasteiger partial charge on any atom is -0.481 e. The smallest absolute Gasteiger partial charge is 0.303 e. The van der Waals surface area contributed by atoms with Gasteiger partial charge in [0.1, 0.15) is 6.10 Å². The number of aliphatic carboxylic acids is 1. The van der Waals surface area contributed by atoms with Gasteiger partial charge in [0.05, 0.1) is 0 Å². The number of aliphatic hydroxyl groups excluding tert-OH is 1. The average molecular weight is 411 g/mol. The molecule has 3 rings (SSSR count). The van der Waals surface area contributed by atoms with Crippen molar-refractivity contribution in [3.8, 4) is 0 Å². The zero-order chi connectivity index (χ0) is 20.8. The van der Waals surface area contributed by atoms with E-state index in [0.29, 0.717) is 6.42 Å². The van der Waals surface area contributed by atoms with E-state index < -0.39 is 12.1 Å². The number of carboxylic acids is 1. The van der Waals surface area contributed by atoms with Gasteiger partial charge in [-0.25, -0.2) is 0 Å². The molecule has 0 saturated heterocycles. The van der Waals surface area contributed by atoms with E-state index >= 15 is 0 Å². The molecule has 29 heavy (non-hydrogen) atoms. The van der Waals surface area contributed by atoms with Crippen LogP contribution < -0.4 is 0 Å². The van der Waals surface area contributed by atoms with Gasteiger partial charge < -0.3 is 10.2 Å². The highest BCUT2D eigenvalue weighted by molar-refractivity contribution is 7.19. The molecule has 152 valence electrons. The maximum absolute atomic E-state index is 12.4. The van der Waals surface area contributed by atoms with E-state index in [1.165, 1.54) is 0 Å². The fourth-order valence-corrected chi connectivity index (χ4v) is 4.70. The van der Waals surface area contributed by atoms with Crippen molar-refractivity contribution >= 4 is 33.2 Å². The Bertz CT molecular complexity index is 933. The highest BCUT2D eigenvalue weighted by atomic mass is 32.1. The van der Waals surface area contributed by atoms with E-state index in [2.05, 4.69) is 0 Å². The normalized spacial score (nSPS) is 20.8. The van der Waals surface area contributed by atoms with Gasteiger partial charge in [0.25, 0.3) is 0 Å². The number of carbonyl (C=O) groups is 2. The fourth-order valence-electron chi connectivity index (χ4n) is 3.67. The minimum atomic E-state index is -0.777. The average Bonchev–Trinajstić information content (AvgIpc) is 3.23. The molecule has 1 aliphatic rings. The molecule has 1 heterocycles. The lowest BCUT2D eigenvalue weighted by molar-refractivity contribution is -0.137. The van der Waals surface area contributed by atoms with E-state index in [0.717, 1.165) is 33.4 Å². The van der Waals surface area contributed by atoms with Crippen LogP contribution in [0.4, 0.5) is 0 Å². The third kappa shape index (κ3) is 5.52. The van der Waals surface area contributed by atoms with Gasteiger partial charge in [-0.2, -0.15) is 0 Å². The first-order chi connectivity index (χ1) is 14.0. The van der Waals surface area contributed by atoms with Gasteiger partial charge in [0.15, 0.2) is 5.78 Å². The zero-order valence-corrected chi connectivity index (χ0v) is 17.3. The molecule has 2 aromatic rings. The topological polar surface area (TPSA) is 74.6 Å². The second-order valence-electron chi connectivity index (χ2n) is 7.43. The lowest BCUT2D eigenvalue weighted by atomic mass is 9.87. The number of thiophene rings is 1. The van der Waals surface area contributed by atoms with Crippen LogP contribution in [0.3, 0.4) is 0 Å². The standard InChI is InChI=1S/C24H26O4S/c1-16-14-21(26)19(18(16)9-4-2-3-5-11-24(27)28)12-13-20(25)23-15-17-8-6-7-10-22(17)29-23/h2,4,6-8,10,12-15,18-20,25H,3,5,9,11H2,1H3,(H,27,28)/b4-2-,13-12+/t18-,19+,20+/m0/s1. The van der Waals surface area contributed by atoms with Crippen LogP contribution >= 0.6 is 11.3 Å². The molecule has 1 aromatic carbocycles. The number of aliphatic hydroxyl groups is 1. The number of fused-ring (bicyclic) bond motifs is 1.